The van der Waals surface area contributed by atoms with Crippen LogP contribution in [0.4, 0.5) is 0 Å². The van der Waals surface area contributed by atoms with Crippen molar-refractivity contribution in [3.63, 3.8) is 0 Å². The first-order valence-corrected chi connectivity index (χ1v) is 5.50. The molecule has 0 spiro atoms. The van der Waals surface area contributed by atoms with E-state index in [-0.39, 0.29) is 0 Å². The van der Waals surface area contributed by atoms with E-state index in [1.807, 2.05) is 24.3 Å². The Balaban J connectivity index is 2.22. The lowest BCUT2D eigenvalue weighted by Crippen LogP contribution is -2.01. The van der Waals surface area contributed by atoms with Crippen LogP contribution in [-0.2, 0) is 6.54 Å². The fraction of sp³-hybridized carbons (Fsp3) is 0.250. The predicted octanol–water partition coefficient (Wildman–Crippen LogP) is 2.60. The molecule has 2 aromatic rings. The van der Waals surface area contributed by atoms with Crippen LogP contribution >= 0.6 is 11.6 Å². The van der Waals surface area contributed by atoms with Crippen molar-refractivity contribution in [2.24, 2.45) is 0 Å². The summed E-state index contributed by atoms with van der Waals surface area (Å²) in [5.74, 6) is 1.40. The van der Waals surface area contributed by atoms with E-state index in [2.05, 4.69) is 5.10 Å². The van der Waals surface area contributed by atoms with Crippen molar-refractivity contribution in [2.75, 3.05) is 14.2 Å². The highest BCUT2D eigenvalue weighted by molar-refractivity contribution is 6.31. The lowest BCUT2D eigenvalue weighted by atomic mass is 10.2. The summed E-state index contributed by atoms with van der Waals surface area (Å²) < 4.78 is 11.9. The molecule has 4 nitrogen and oxygen atoms in total. The van der Waals surface area contributed by atoms with Gasteiger partial charge in [0.25, 0.3) is 0 Å². The van der Waals surface area contributed by atoms with Gasteiger partial charge in [0.15, 0.2) is 10.9 Å². The number of halogens is 1. The van der Waals surface area contributed by atoms with Crippen molar-refractivity contribution in [1.82, 2.24) is 9.78 Å². The third kappa shape index (κ3) is 2.53. The van der Waals surface area contributed by atoms with E-state index in [0.29, 0.717) is 17.4 Å². The average molecular weight is 253 g/mol. The summed E-state index contributed by atoms with van der Waals surface area (Å²) in [4.78, 5) is 0. The highest BCUT2D eigenvalue weighted by Gasteiger charge is 2.08. The summed E-state index contributed by atoms with van der Waals surface area (Å²) in [6.45, 7) is 0.583. The van der Waals surface area contributed by atoms with Gasteiger partial charge in [-0.2, -0.15) is 5.10 Å². The molecule has 1 aromatic heterocycles. The van der Waals surface area contributed by atoms with E-state index >= 15 is 0 Å². The summed E-state index contributed by atoms with van der Waals surface area (Å²) in [7, 11) is 3.21. The molecule has 0 radical (unpaired) electrons. The number of benzene rings is 1. The topological polar surface area (TPSA) is 36.3 Å². The maximum absolute atomic E-state index is 6.09. The van der Waals surface area contributed by atoms with Crippen molar-refractivity contribution < 1.29 is 9.47 Å². The second-order valence-corrected chi connectivity index (χ2v) is 3.87. The molecule has 90 valence electrons. The molecule has 0 saturated carbocycles. The van der Waals surface area contributed by atoms with Crippen LogP contribution in [-0.4, -0.2) is 24.0 Å². The first-order valence-electron chi connectivity index (χ1n) is 5.13. The Kier molecular flexibility index (Phi) is 3.54. The smallest absolute Gasteiger partial charge is 0.175 e. The fourth-order valence-corrected chi connectivity index (χ4v) is 1.77. The molecule has 17 heavy (non-hydrogen) atoms. The number of aromatic nitrogens is 2. The highest BCUT2D eigenvalue weighted by atomic mass is 35.5. The van der Waals surface area contributed by atoms with Gasteiger partial charge in [-0.05, 0) is 17.7 Å². The quantitative estimate of drug-likeness (QED) is 0.839. The number of hydrogen-bond donors (Lipinski definition) is 0. The molecule has 0 unspecified atom stereocenters. The minimum absolute atomic E-state index is 0.496. The molecule has 0 N–H and O–H groups in total. The summed E-state index contributed by atoms with van der Waals surface area (Å²) >= 11 is 6.09. The van der Waals surface area contributed by atoms with Gasteiger partial charge in [-0.25, -0.2) is 4.68 Å². The molecule has 0 aliphatic heterocycles. The van der Waals surface area contributed by atoms with Gasteiger partial charge in [-0.1, -0.05) is 23.7 Å². The molecule has 1 aromatic carbocycles. The Morgan fingerprint density at radius 1 is 1.29 bits per heavy atom. The van der Waals surface area contributed by atoms with Crippen molar-refractivity contribution in [1.29, 1.82) is 0 Å². The van der Waals surface area contributed by atoms with Gasteiger partial charge in [0.1, 0.15) is 5.75 Å². The Bertz CT molecular complexity index is 511. The molecule has 0 bridgehead atoms. The Labute approximate surface area is 105 Å². The standard InChI is InChI=1S/C12H13ClN2O2/c1-16-10-5-3-4-9(6-10)8-15-12(13)11(17-2)7-14-15/h3-7H,8H2,1-2H3. The van der Waals surface area contributed by atoms with E-state index in [0.717, 1.165) is 11.3 Å². The largest absolute Gasteiger partial charge is 0.497 e. The average Bonchev–Trinajstić information content (AvgIpc) is 2.71. The van der Waals surface area contributed by atoms with Gasteiger partial charge >= 0.3 is 0 Å². The van der Waals surface area contributed by atoms with Crippen LogP contribution in [0.15, 0.2) is 30.5 Å². The van der Waals surface area contributed by atoms with Crippen LogP contribution in [0.25, 0.3) is 0 Å². The molecule has 0 saturated heterocycles. The van der Waals surface area contributed by atoms with Gasteiger partial charge in [-0.15, -0.1) is 0 Å². The van der Waals surface area contributed by atoms with Gasteiger partial charge in [-0.3, -0.25) is 0 Å². The van der Waals surface area contributed by atoms with Crippen molar-refractivity contribution in [3.05, 3.63) is 41.2 Å². The van der Waals surface area contributed by atoms with Gasteiger partial charge < -0.3 is 9.47 Å². The highest BCUT2D eigenvalue weighted by Crippen LogP contribution is 2.24. The van der Waals surface area contributed by atoms with E-state index in [4.69, 9.17) is 21.1 Å². The zero-order valence-corrected chi connectivity index (χ0v) is 10.4. The van der Waals surface area contributed by atoms with Crippen LogP contribution in [0.5, 0.6) is 11.5 Å². The van der Waals surface area contributed by atoms with Gasteiger partial charge in [0, 0.05) is 0 Å². The Hall–Kier alpha value is -1.68. The van der Waals surface area contributed by atoms with Crippen LogP contribution in [0.2, 0.25) is 5.15 Å². The van der Waals surface area contributed by atoms with Crippen molar-refractivity contribution >= 4 is 11.6 Å². The Morgan fingerprint density at radius 3 is 2.76 bits per heavy atom. The SMILES string of the molecule is COc1cccc(Cn2ncc(OC)c2Cl)c1. The molecule has 2 rings (SSSR count). The van der Waals surface area contributed by atoms with Crippen LogP contribution in [0, 0.1) is 0 Å². The zero-order chi connectivity index (χ0) is 12.3. The fourth-order valence-electron chi connectivity index (χ4n) is 1.54. The minimum Gasteiger partial charge on any atom is -0.497 e. The van der Waals surface area contributed by atoms with Crippen LogP contribution < -0.4 is 9.47 Å². The number of hydrogen-bond acceptors (Lipinski definition) is 3. The maximum atomic E-state index is 6.09. The number of ether oxygens (including phenoxy) is 2. The third-order valence-electron chi connectivity index (χ3n) is 2.43. The number of rotatable bonds is 4. The van der Waals surface area contributed by atoms with Crippen molar-refractivity contribution in [3.8, 4) is 11.5 Å². The number of methoxy groups -OCH3 is 2. The van der Waals surface area contributed by atoms with Crippen LogP contribution in [0.3, 0.4) is 0 Å². The second-order valence-electron chi connectivity index (χ2n) is 3.51. The number of nitrogens with zero attached hydrogens (tertiary/aromatic N) is 2. The van der Waals surface area contributed by atoms with E-state index in [1.54, 1.807) is 25.1 Å². The molecule has 0 amide bonds. The lowest BCUT2D eigenvalue weighted by Gasteiger charge is -2.06. The lowest BCUT2D eigenvalue weighted by molar-refractivity contribution is 0.413. The molecule has 1 heterocycles. The summed E-state index contributed by atoms with van der Waals surface area (Å²) in [6, 6.07) is 7.77. The first-order chi connectivity index (χ1) is 8.24. The molecular formula is C12H13ClN2O2. The zero-order valence-electron chi connectivity index (χ0n) is 9.68. The molecule has 0 aliphatic carbocycles. The van der Waals surface area contributed by atoms with E-state index in [1.165, 1.54) is 0 Å². The molecule has 0 atom stereocenters. The maximum Gasteiger partial charge on any atom is 0.175 e. The van der Waals surface area contributed by atoms with Crippen molar-refractivity contribution in [2.45, 2.75) is 6.54 Å². The van der Waals surface area contributed by atoms with Crippen LogP contribution in [0.1, 0.15) is 5.56 Å². The summed E-state index contributed by atoms with van der Waals surface area (Å²) in [5, 5.41) is 4.65. The summed E-state index contributed by atoms with van der Waals surface area (Å²) in [6.07, 6.45) is 1.60. The molecule has 5 heteroatoms. The first kappa shape index (κ1) is 11.8. The normalized spacial score (nSPS) is 10.3. The molecular weight excluding hydrogens is 240 g/mol. The predicted molar refractivity (Wildman–Crippen MR) is 65.9 cm³/mol. The van der Waals surface area contributed by atoms with Gasteiger partial charge in [0.2, 0.25) is 0 Å². The molecule has 0 fully saturated rings. The second kappa shape index (κ2) is 5.10. The summed E-state index contributed by atoms with van der Waals surface area (Å²) in [5.41, 5.74) is 1.07. The monoisotopic (exact) mass is 252 g/mol. The van der Waals surface area contributed by atoms with E-state index in [9.17, 15) is 0 Å². The Morgan fingerprint density at radius 2 is 2.12 bits per heavy atom. The minimum atomic E-state index is 0.496. The molecule has 0 aliphatic rings. The van der Waals surface area contributed by atoms with Gasteiger partial charge in [0.05, 0.1) is 27.0 Å². The third-order valence-corrected chi connectivity index (χ3v) is 2.81. The van der Waals surface area contributed by atoms with E-state index < -0.39 is 0 Å².